The molecule has 41 heavy (non-hydrogen) atoms. The fourth-order valence-electron chi connectivity index (χ4n) is 4.95. The Labute approximate surface area is 240 Å². The molecule has 3 aromatic carbocycles. The summed E-state index contributed by atoms with van der Waals surface area (Å²) in [4.78, 5) is 40.5. The third kappa shape index (κ3) is 5.38. The quantitative estimate of drug-likeness (QED) is 0.270. The Morgan fingerprint density at radius 2 is 1.85 bits per heavy atom. The summed E-state index contributed by atoms with van der Waals surface area (Å²) in [6.07, 6.45) is 1.75. The summed E-state index contributed by atoms with van der Waals surface area (Å²) >= 11 is 0.910. The molecule has 2 aliphatic heterocycles. The lowest BCUT2D eigenvalue weighted by atomic mass is 10.1. The van der Waals surface area contributed by atoms with Crippen LogP contribution in [0.15, 0.2) is 71.6 Å². The van der Waals surface area contributed by atoms with Crippen molar-refractivity contribution in [2.45, 2.75) is 20.4 Å². The van der Waals surface area contributed by atoms with E-state index in [0.717, 1.165) is 39.5 Å². The van der Waals surface area contributed by atoms with Crippen molar-refractivity contribution in [3.05, 3.63) is 88.5 Å². The van der Waals surface area contributed by atoms with E-state index < -0.39 is 0 Å². The van der Waals surface area contributed by atoms with Gasteiger partial charge in [0.25, 0.3) is 11.1 Å². The van der Waals surface area contributed by atoms with Crippen LogP contribution in [0.5, 0.6) is 17.2 Å². The number of rotatable bonds is 8. The minimum absolute atomic E-state index is 0.0619. The zero-order valence-corrected chi connectivity index (χ0v) is 23.3. The Kier molecular flexibility index (Phi) is 7.15. The Hall–Kier alpha value is -4.70. The van der Waals surface area contributed by atoms with Crippen LogP contribution in [0, 0.1) is 13.8 Å². The molecule has 1 aromatic heterocycles. The Morgan fingerprint density at radius 3 is 2.71 bits per heavy atom. The molecule has 0 atom stereocenters. The highest BCUT2D eigenvalue weighted by molar-refractivity contribution is 8.18. The van der Waals surface area contributed by atoms with Crippen molar-refractivity contribution in [2.75, 3.05) is 25.3 Å². The number of nitrogens with one attached hydrogen (secondary N) is 1. The zero-order valence-electron chi connectivity index (χ0n) is 22.5. The van der Waals surface area contributed by atoms with E-state index in [1.807, 2.05) is 66.9 Å². The monoisotopic (exact) mass is 569 g/mol. The molecule has 10 heteroatoms. The molecular formula is C31H27N3O6S. The van der Waals surface area contributed by atoms with E-state index in [4.69, 9.17) is 14.2 Å². The van der Waals surface area contributed by atoms with E-state index in [0.29, 0.717) is 27.8 Å². The third-order valence-electron chi connectivity index (χ3n) is 6.96. The Morgan fingerprint density at radius 1 is 1.02 bits per heavy atom. The van der Waals surface area contributed by atoms with Crippen LogP contribution < -0.4 is 19.5 Å². The molecule has 0 saturated carbocycles. The first kappa shape index (κ1) is 26.5. The number of fused-ring (bicyclic) bond motifs is 2. The van der Waals surface area contributed by atoms with Crippen LogP contribution in [0.4, 0.5) is 10.5 Å². The predicted molar refractivity (Wildman–Crippen MR) is 157 cm³/mol. The molecule has 0 spiro atoms. The number of thioether (sulfide) groups is 1. The predicted octanol–water partition coefficient (Wildman–Crippen LogP) is 5.74. The van der Waals surface area contributed by atoms with Gasteiger partial charge >= 0.3 is 0 Å². The minimum atomic E-state index is -0.357. The first-order valence-electron chi connectivity index (χ1n) is 13.1. The van der Waals surface area contributed by atoms with Gasteiger partial charge in [-0.3, -0.25) is 19.3 Å². The maximum Gasteiger partial charge on any atom is 0.293 e. The van der Waals surface area contributed by atoms with Crippen molar-refractivity contribution in [3.8, 4) is 17.2 Å². The molecule has 6 rings (SSSR count). The highest BCUT2D eigenvalue weighted by atomic mass is 32.2. The average Bonchev–Trinajstić information content (AvgIpc) is 3.60. The number of amides is 3. The Balaban J connectivity index is 1.20. The van der Waals surface area contributed by atoms with E-state index in [1.165, 1.54) is 4.90 Å². The van der Waals surface area contributed by atoms with Gasteiger partial charge in [0.15, 0.2) is 11.5 Å². The Bertz CT molecular complexity index is 1730. The van der Waals surface area contributed by atoms with Gasteiger partial charge in [0.05, 0.1) is 11.4 Å². The van der Waals surface area contributed by atoms with Gasteiger partial charge in [0.1, 0.15) is 18.9 Å². The molecule has 3 heterocycles. The average molecular weight is 570 g/mol. The van der Waals surface area contributed by atoms with Crippen LogP contribution in [0.25, 0.3) is 17.0 Å². The first-order chi connectivity index (χ1) is 19.9. The zero-order chi connectivity index (χ0) is 28.5. The third-order valence-corrected chi connectivity index (χ3v) is 7.87. The summed E-state index contributed by atoms with van der Waals surface area (Å²) < 4.78 is 18.4. The number of carbonyl (C=O) groups excluding carboxylic acids is 3. The summed E-state index contributed by atoms with van der Waals surface area (Å²) in [6.45, 7) is 4.44. The van der Waals surface area contributed by atoms with Crippen molar-refractivity contribution in [1.29, 1.82) is 0 Å². The van der Waals surface area contributed by atoms with Gasteiger partial charge in [0, 0.05) is 33.9 Å². The molecule has 0 unspecified atom stereocenters. The van der Waals surface area contributed by atoms with Crippen LogP contribution in [0.3, 0.4) is 0 Å². The molecule has 0 radical (unpaired) electrons. The highest BCUT2D eigenvalue weighted by Crippen LogP contribution is 2.36. The summed E-state index contributed by atoms with van der Waals surface area (Å²) in [5, 5.41) is 3.47. The van der Waals surface area contributed by atoms with Crippen molar-refractivity contribution >= 4 is 51.5 Å². The second-order valence-electron chi connectivity index (χ2n) is 9.72. The molecule has 9 nitrogen and oxygen atoms in total. The van der Waals surface area contributed by atoms with E-state index >= 15 is 0 Å². The molecule has 3 amide bonds. The number of hydrogen-bond acceptors (Lipinski definition) is 7. The van der Waals surface area contributed by atoms with Gasteiger partial charge in [-0.1, -0.05) is 30.3 Å². The fraction of sp³-hybridized carbons (Fsp3) is 0.194. The smallest absolute Gasteiger partial charge is 0.293 e. The molecule has 1 fully saturated rings. The van der Waals surface area contributed by atoms with Gasteiger partial charge in [-0.05, 0) is 67.6 Å². The molecule has 208 valence electrons. The molecule has 4 aromatic rings. The maximum atomic E-state index is 13.2. The molecule has 0 bridgehead atoms. The van der Waals surface area contributed by atoms with Crippen molar-refractivity contribution in [2.24, 2.45) is 0 Å². The van der Waals surface area contributed by atoms with E-state index in [-0.39, 0.29) is 43.5 Å². The van der Waals surface area contributed by atoms with Gasteiger partial charge in [-0.2, -0.15) is 0 Å². The van der Waals surface area contributed by atoms with Crippen LogP contribution in [-0.2, 0) is 16.1 Å². The summed E-state index contributed by atoms with van der Waals surface area (Å²) in [7, 11) is 0. The summed E-state index contributed by atoms with van der Waals surface area (Å²) in [6, 6.07) is 20.6. The van der Waals surface area contributed by atoms with Crippen LogP contribution >= 0.6 is 11.8 Å². The van der Waals surface area contributed by atoms with Gasteiger partial charge in [-0.25, -0.2) is 0 Å². The normalized spacial score (nSPS) is 15.3. The van der Waals surface area contributed by atoms with Gasteiger partial charge < -0.3 is 24.1 Å². The van der Waals surface area contributed by atoms with E-state index in [9.17, 15) is 14.4 Å². The topological polar surface area (TPSA) is 99.1 Å². The number of para-hydroxylation sites is 1. The molecular weight excluding hydrogens is 542 g/mol. The number of hydrogen-bond donors (Lipinski definition) is 1. The van der Waals surface area contributed by atoms with Crippen LogP contribution in [0.1, 0.15) is 16.8 Å². The number of aromatic nitrogens is 1. The molecule has 0 aliphatic carbocycles. The maximum absolute atomic E-state index is 13.2. The second kappa shape index (κ2) is 11.1. The summed E-state index contributed by atoms with van der Waals surface area (Å²) in [5.74, 6) is 1.35. The number of anilines is 1. The molecule has 1 N–H and O–H groups in total. The minimum Gasteiger partial charge on any atom is -0.492 e. The second-order valence-corrected chi connectivity index (χ2v) is 10.7. The van der Waals surface area contributed by atoms with Gasteiger partial charge in [-0.15, -0.1) is 0 Å². The molecule has 2 aliphatic rings. The SMILES string of the molecule is Cc1cccc(OCCN2C(=O)S/C(=C\c3c(C)n(CC(=O)Nc4ccc5c(c4)OCO5)c4ccccc34)C2=O)c1. The summed E-state index contributed by atoms with van der Waals surface area (Å²) in [5.41, 5.74) is 4.12. The van der Waals surface area contributed by atoms with Crippen molar-refractivity contribution < 1.29 is 28.6 Å². The number of imide groups is 1. The van der Waals surface area contributed by atoms with E-state index in [1.54, 1.807) is 24.3 Å². The van der Waals surface area contributed by atoms with Crippen molar-refractivity contribution in [3.63, 3.8) is 0 Å². The number of benzene rings is 3. The lowest BCUT2D eigenvalue weighted by molar-refractivity contribution is -0.123. The molecule has 1 saturated heterocycles. The number of ether oxygens (including phenoxy) is 3. The van der Waals surface area contributed by atoms with E-state index in [2.05, 4.69) is 5.32 Å². The number of carbonyl (C=O) groups is 3. The highest BCUT2D eigenvalue weighted by Gasteiger charge is 2.35. The standard InChI is InChI=1S/C31H27N3O6S/c1-19-6-5-7-22(14-19)38-13-12-33-30(36)28(41-31(33)37)16-24-20(2)34(25-9-4-3-8-23(24)25)17-29(35)32-21-10-11-26-27(15-21)40-18-39-26/h3-11,14-16H,12-13,17-18H2,1-2H3,(H,32,35)/b28-16-. The largest absolute Gasteiger partial charge is 0.492 e. The van der Waals surface area contributed by atoms with Crippen molar-refractivity contribution in [1.82, 2.24) is 9.47 Å². The van der Waals surface area contributed by atoms with Crippen LogP contribution in [-0.4, -0.2) is 46.5 Å². The first-order valence-corrected chi connectivity index (χ1v) is 13.9. The number of nitrogens with zero attached hydrogens (tertiary/aromatic N) is 2. The lowest BCUT2D eigenvalue weighted by Crippen LogP contribution is -2.32. The fourth-order valence-corrected chi connectivity index (χ4v) is 5.79. The van der Waals surface area contributed by atoms with Crippen LogP contribution in [0.2, 0.25) is 0 Å². The lowest BCUT2D eigenvalue weighted by Gasteiger charge is -2.13. The van der Waals surface area contributed by atoms with Gasteiger partial charge in [0.2, 0.25) is 12.7 Å². The number of aryl methyl sites for hydroxylation is 1.